The van der Waals surface area contributed by atoms with Crippen molar-refractivity contribution in [2.75, 3.05) is 0 Å². The largest absolute Gasteiger partial charge is 0.353 e. The molecule has 0 aliphatic heterocycles. The van der Waals surface area contributed by atoms with Crippen molar-refractivity contribution in [3.63, 3.8) is 0 Å². The molecule has 2 N–H and O–H groups in total. The summed E-state index contributed by atoms with van der Waals surface area (Å²) < 4.78 is 15.3. The molecule has 0 unspecified atom stereocenters. The summed E-state index contributed by atoms with van der Waals surface area (Å²) in [6.45, 7) is 0. The molecule has 146 valence electrons. The highest BCUT2D eigenvalue weighted by Crippen LogP contribution is 2.36. The van der Waals surface area contributed by atoms with E-state index in [0.29, 0.717) is 0 Å². The van der Waals surface area contributed by atoms with Crippen LogP contribution < -0.4 is 0 Å². The minimum absolute atomic E-state index is 0.191. The summed E-state index contributed by atoms with van der Waals surface area (Å²) in [6.07, 6.45) is 3.73. The molecule has 0 radical (unpaired) electrons. The molecule has 0 saturated heterocycles. The van der Waals surface area contributed by atoms with Gasteiger partial charge >= 0.3 is 0 Å². The first kappa shape index (κ1) is 17.1. The highest BCUT2D eigenvalue weighted by molar-refractivity contribution is 7.14. The fraction of sp³-hybridized carbons (Fsp3) is 0.0455. The van der Waals surface area contributed by atoms with Crippen LogP contribution in [0.25, 0.3) is 55.0 Å². The van der Waals surface area contributed by atoms with E-state index in [1.165, 1.54) is 6.07 Å². The van der Waals surface area contributed by atoms with Crippen molar-refractivity contribution in [3.05, 3.63) is 66.1 Å². The summed E-state index contributed by atoms with van der Waals surface area (Å²) >= 11 is 1.14. The van der Waals surface area contributed by atoms with Crippen molar-refractivity contribution in [1.82, 2.24) is 29.9 Å². The smallest absolute Gasteiger partial charge is 0.176 e. The summed E-state index contributed by atoms with van der Waals surface area (Å²) in [7, 11) is 1.88. The summed E-state index contributed by atoms with van der Waals surface area (Å²) in [5.41, 5.74) is 6.99. The fourth-order valence-electron chi connectivity index (χ4n) is 3.76. The molecular weight excluding hydrogens is 399 g/mol. The van der Waals surface area contributed by atoms with Gasteiger partial charge in [-0.2, -0.15) is 14.6 Å². The zero-order valence-electron chi connectivity index (χ0n) is 15.8. The van der Waals surface area contributed by atoms with Crippen LogP contribution in [0.3, 0.4) is 0 Å². The monoisotopic (exact) mass is 414 g/mol. The van der Waals surface area contributed by atoms with Gasteiger partial charge in [0.2, 0.25) is 0 Å². The number of H-pyrrole nitrogens is 2. The van der Waals surface area contributed by atoms with E-state index < -0.39 is 0 Å². The highest BCUT2D eigenvalue weighted by Gasteiger charge is 2.16. The lowest BCUT2D eigenvalue weighted by atomic mass is 10.1. The molecule has 6 nitrogen and oxygen atoms in total. The highest BCUT2D eigenvalue weighted by atomic mass is 32.1. The van der Waals surface area contributed by atoms with Crippen LogP contribution in [0.1, 0.15) is 0 Å². The maximum Gasteiger partial charge on any atom is 0.176 e. The number of aromatic nitrogens is 6. The number of halogens is 1. The topological polar surface area (TPSA) is 75.2 Å². The zero-order chi connectivity index (χ0) is 20.2. The molecule has 0 amide bonds. The standard InChI is InChI=1S/C22H15FN6S/c1-29-11-12(10-24-29)15-5-6-17-21(26-15)22(28-27-17)18-9-14-13(3-2-4-16(14)25-18)19-7-8-20(23)30-19/h2-11,25H,1H3,(H,27,28). The average Bonchev–Trinajstić information content (AvgIpc) is 3.52. The first-order chi connectivity index (χ1) is 14.7. The van der Waals surface area contributed by atoms with E-state index in [9.17, 15) is 4.39 Å². The number of nitrogens with zero attached hydrogens (tertiary/aromatic N) is 4. The minimum Gasteiger partial charge on any atom is -0.353 e. The Bertz CT molecular complexity index is 1540. The van der Waals surface area contributed by atoms with E-state index in [0.717, 1.165) is 66.4 Å². The number of rotatable bonds is 3. The number of aromatic amines is 2. The number of hydrogen-bond acceptors (Lipinski definition) is 4. The van der Waals surface area contributed by atoms with Crippen LogP contribution in [0.15, 0.2) is 60.9 Å². The number of benzene rings is 1. The average molecular weight is 414 g/mol. The quantitative estimate of drug-likeness (QED) is 0.409. The molecule has 0 aliphatic carbocycles. The SMILES string of the molecule is Cn1cc(-c2ccc3[nH]nc(-c4cc5c(-c6ccc(F)s6)cccc5[nH]4)c3n2)cn1. The van der Waals surface area contributed by atoms with Gasteiger partial charge in [0.05, 0.1) is 23.1 Å². The molecule has 0 spiro atoms. The van der Waals surface area contributed by atoms with Gasteiger partial charge in [-0.3, -0.25) is 9.78 Å². The predicted molar refractivity (Wildman–Crippen MR) is 117 cm³/mol. The molecule has 0 atom stereocenters. The van der Waals surface area contributed by atoms with Crippen LogP contribution in [-0.2, 0) is 7.05 Å². The van der Waals surface area contributed by atoms with E-state index in [4.69, 9.17) is 4.98 Å². The van der Waals surface area contributed by atoms with Gasteiger partial charge in [-0.05, 0) is 36.4 Å². The molecule has 8 heteroatoms. The van der Waals surface area contributed by atoms with Gasteiger partial charge in [-0.1, -0.05) is 12.1 Å². The van der Waals surface area contributed by atoms with Gasteiger partial charge in [0.1, 0.15) is 11.2 Å². The van der Waals surface area contributed by atoms with Crippen LogP contribution in [-0.4, -0.2) is 29.9 Å². The van der Waals surface area contributed by atoms with Gasteiger partial charge in [0.15, 0.2) is 5.13 Å². The van der Waals surface area contributed by atoms with E-state index in [-0.39, 0.29) is 5.13 Å². The maximum atomic E-state index is 13.6. The number of hydrogen-bond donors (Lipinski definition) is 2. The molecule has 0 fully saturated rings. The van der Waals surface area contributed by atoms with Crippen LogP contribution in [0.5, 0.6) is 0 Å². The Balaban J connectivity index is 1.52. The van der Waals surface area contributed by atoms with Gasteiger partial charge < -0.3 is 4.98 Å². The summed E-state index contributed by atoms with van der Waals surface area (Å²) in [5.74, 6) is 0. The van der Waals surface area contributed by atoms with Crippen molar-refractivity contribution in [2.45, 2.75) is 0 Å². The molecule has 6 aromatic rings. The number of pyridine rings is 1. The Morgan fingerprint density at radius 1 is 1.07 bits per heavy atom. The van der Waals surface area contributed by atoms with Crippen LogP contribution in [0.4, 0.5) is 4.39 Å². The summed E-state index contributed by atoms with van der Waals surface area (Å²) in [4.78, 5) is 9.17. The Kier molecular flexibility index (Phi) is 3.63. The van der Waals surface area contributed by atoms with Gasteiger partial charge in [-0.15, -0.1) is 11.3 Å². The molecule has 0 aliphatic rings. The van der Waals surface area contributed by atoms with Crippen molar-refractivity contribution < 1.29 is 4.39 Å². The van der Waals surface area contributed by atoms with E-state index in [2.05, 4.69) is 26.3 Å². The lowest BCUT2D eigenvalue weighted by Crippen LogP contribution is -1.86. The molecule has 5 heterocycles. The molecular formula is C22H15FN6S. The zero-order valence-corrected chi connectivity index (χ0v) is 16.7. The van der Waals surface area contributed by atoms with Crippen LogP contribution in [0, 0.1) is 5.13 Å². The molecule has 0 saturated carbocycles. The molecule has 5 aromatic heterocycles. The predicted octanol–water partition coefficient (Wildman–Crippen LogP) is 5.37. The van der Waals surface area contributed by atoms with Crippen molar-refractivity contribution >= 4 is 33.3 Å². The minimum atomic E-state index is -0.191. The summed E-state index contributed by atoms with van der Waals surface area (Å²) in [6, 6.07) is 15.3. The number of thiophene rings is 1. The lowest BCUT2D eigenvalue weighted by Gasteiger charge is -1.98. The van der Waals surface area contributed by atoms with Crippen molar-refractivity contribution in [3.8, 4) is 33.1 Å². The van der Waals surface area contributed by atoms with Crippen molar-refractivity contribution in [2.24, 2.45) is 7.05 Å². The van der Waals surface area contributed by atoms with Gasteiger partial charge in [-0.25, -0.2) is 4.98 Å². The van der Waals surface area contributed by atoms with Gasteiger partial charge in [0, 0.05) is 40.2 Å². The third-order valence-electron chi connectivity index (χ3n) is 5.17. The Morgan fingerprint density at radius 3 is 2.80 bits per heavy atom. The molecule has 0 bridgehead atoms. The maximum absolute atomic E-state index is 13.6. The lowest BCUT2D eigenvalue weighted by molar-refractivity contribution is 0.657. The summed E-state index contributed by atoms with van der Waals surface area (Å²) in [5, 5.41) is 12.6. The number of nitrogens with one attached hydrogen (secondary N) is 2. The second-order valence-corrected chi connectivity index (χ2v) is 8.16. The van der Waals surface area contributed by atoms with E-state index >= 15 is 0 Å². The van der Waals surface area contributed by atoms with Crippen LogP contribution in [0.2, 0.25) is 0 Å². The van der Waals surface area contributed by atoms with Crippen LogP contribution >= 0.6 is 11.3 Å². The third kappa shape index (κ3) is 2.65. The molecule has 30 heavy (non-hydrogen) atoms. The number of fused-ring (bicyclic) bond motifs is 2. The first-order valence-corrected chi connectivity index (χ1v) is 10.2. The van der Waals surface area contributed by atoms with E-state index in [1.54, 1.807) is 10.9 Å². The molecule has 6 rings (SSSR count). The third-order valence-corrected chi connectivity index (χ3v) is 6.07. The van der Waals surface area contributed by atoms with Crippen molar-refractivity contribution in [1.29, 1.82) is 0 Å². The molecule has 1 aromatic carbocycles. The van der Waals surface area contributed by atoms with Gasteiger partial charge in [0.25, 0.3) is 0 Å². The normalized spacial score (nSPS) is 11.7. The Morgan fingerprint density at radius 2 is 2.00 bits per heavy atom. The Hall–Kier alpha value is -3.78. The second-order valence-electron chi connectivity index (χ2n) is 7.12. The fourth-order valence-corrected chi connectivity index (χ4v) is 4.53. The van der Waals surface area contributed by atoms with E-state index in [1.807, 2.05) is 49.6 Å². The first-order valence-electron chi connectivity index (χ1n) is 9.38. The second kappa shape index (κ2) is 6.36. The number of aryl methyl sites for hydroxylation is 1. The Labute approximate surface area is 174 Å².